The Bertz CT molecular complexity index is 832. The molecule has 2 N–H and O–H groups in total. The van der Waals surface area contributed by atoms with E-state index in [-0.39, 0.29) is 30.1 Å². The molecule has 0 saturated heterocycles. The summed E-state index contributed by atoms with van der Waals surface area (Å²) in [6, 6.07) is 0. The zero-order valence-corrected chi connectivity index (χ0v) is 37.3. The number of rotatable bonds is 40. The van der Waals surface area contributed by atoms with Crippen molar-refractivity contribution < 1.29 is 28.6 Å². The van der Waals surface area contributed by atoms with Crippen LogP contribution >= 0.6 is 0 Å². The quantitative estimate of drug-likeness (QED) is 0.0286. The number of carbonyl (C=O) groups excluding carboxylic acids is 3. The van der Waals surface area contributed by atoms with Gasteiger partial charge < -0.3 is 19.9 Å². The lowest BCUT2D eigenvalue weighted by Crippen LogP contribution is -2.18. The molecule has 0 aliphatic heterocycles. The molecule has 0 fully saturated rings. The maximum absolute atomic E-state index is 12.4. The molecule has 0 heterocycles. The van der Waals surface area contributed by atoms with Gasteiger partial charge in [-0.25, -0.2) is 0 Å². The summed E-state index contributed by atoms with van der Waals surface area (Å²) in [6.45, 7) is 12.0. The van der Waals surface area contributed by atoms with Crippen molar-refractivity contribution in [3.05, 3.63) is 12.2 Å². The largest absolute Gasteiger partial charge is 0.462 e. The molecule has 55 heavy (non-hydrogen) atoms. The molecule has 1 unspecified atom stereocenters. The molecule has 7 nitrogen and oxygen atoms in total. The predicted octanol–water partition coefficient (Wildman–Crippen LogP) is 14.2. The Labute approximate surface area is 341 Å². The Balaban J connectivity index is 0. The van der Waals surface area contributed by atoms with Crippen molar-refractivity contribution in [2.45, 2.75) is 265 Å². The van der Waals surface area contributed by atoms with Crippen molar-refractivity contribution in [2.24, 2.45) is 5.73 Å². The fourth-order valence-corrected chi connectivity index (χ4v) is 6.67. The first-order valence-corrected chi connectivity index (χ1v) is 23.8. The van der Waals surface area contributed by atoms with Crippen LogP contribution in [0.25, 0.3) is 0 Å². The summed E-state index contributed by atoms with van der Waals surface area (Å²) in [5.41, 5.74) is 5.39. The monoisotopic (exact) mass is 780 g/mol. The second-order valence-electron chi connectivity index (χ2n) is 15.8. The number of allylic oxidation sites excluding steroid dienone is 1. The SMILES string of the molecule is CCCCCC/C=C\COC(=O)CCCCCCCC(=O)OC(CCCCCCC)CCCCCCC.CCCCCCCC(CCC)OC(=O)CCCN. The summed E-state index contributed by atoms with van der Waals surface area (Å²) in [4.78, 5) is 35.8. The first kappa shape index (κ1) is 55.2. The van der Waals surface area contributed by atoms with Crippen LogP contribution in [0.15, 0.2) is 12.2 Å². The molecule has 0 aromatic heterocycles. The summed E-state index contributed by atoms with van der Waals surface area (Å²) in [5, 5.41) is 0. The number of nitrogens with two attached hydrogens (primary N) is 1. The predicted molar refractivity (Wildman–Crippen MR) is 234 cm³/mol. The van der Waals surface area contributed by atoms with Gasteiger partial charge in [-0.1, -0.05) is 169 Å². The summed E-state index contributed by atoms with van der Waals surface area (Å²) in [7, 11) is 0. The van der Waals surface area contributed by atoms with Crippen LogP contribution in [0.3, 0.4) is 0 Å². The topological polar surface area (TPSA) is 105 Å². The highest BCUT2D eigenvalue weighted by atomic mass is 16.5. The van der Waals surface area contributed by atoms with E-state index in [0.717, 1.165) is 77.0 Å². The van der Waals surface area contributed by atoms with Crippen LogP contribution in [0.1, 0.15) is 253 Å². The molecule has 0 amide bonds. The lowest BCUT2D eigenvalue weighted by Gasteiger charge is -2.18. The summed E-state index contributed by atoms with van der Waals surface area (Å²) >= 11 is 0. The Morgan fingerprint density at radius 2 is 0.800 bits per heavy atom. The standard InChI is InChI=1S/C33H62O4.C15H31NO2/c1-4-7-10-13-14-20-25-30-36-32(34)28-23-18-15-19-24-29-33(35)37-31(26-21-16-11-8-5-2)27-22-17-12-9-6-3;1-3-5-6-7-8-11-14(10-4-2)18-15(17)12-9-13-16/h20,25,31H,4-19,21-24,26-30H2,1-3H3;14H,3-13,16H2,1-2H3/b25-20-;. The zero-order chi connectivity index (χ0) is 40.9. The molecule has 0 aliphatic rings. The third kappa shape index (κ3) is 44.7. The number of carbonyl (C=O) groups is 3. The van der Waals surface area contributed by atoms with Crippen molar-refractivity contribution in [3.8, 4) is 0 Å². The van der Waals surface area contributed by atoms with E-state index >= 15 is 0 Å². The van der Waals surface area contributed by atoms with E-state index in [1.54, 1.807) is 0 Å². The summed E-state index contributed by atoms with van der Waals surface area (Å²) in [6.07, 6.45) is 41.5. The van der Waals surface area contributed by atoms with Crippen LogP contribution in [-0.4, -0.2) is 43.3 Å². The lowest BCUT2D eigenvalue weighted by atomic mass is 10.0. The van der Waals surface area contributed by atoms with Gasteiger partial charge in [0, 0.05) is 19.3 Å². The Hall–Kier alpha value is -1.89. The van der Waals surface area contributed by atoms with Crippen LogP contribution in [-0.2, 0) is 28.6 Å². The van der Waals surface area contributed by atoms with E-state index in [0.29, 0.717) is 32.4 Å². The third-order valence-corrected chi connectivity index (χ3v) is 10.2. The average Bonchev–Trinajstić information content (AvgIpc) is 3.17. The fraction of sp³-hybridized carbons (Fsp3) is 0.896. The van der Waals surface area contributed by atoms with Crippen LogP contribution in [0.2, 0.25) is 0 Å². The van der Waals surface area contributed by atoms with E-state index in [2.05, 4.69) is 40.7 Å². The van der Waals surface area contributed by atoms with Gasteiger partial charge in [0.15, 0.2) is 0 Å². The average molecular weight is 780 g/mol. The fourth-order valence-electron chi connectivity index (χ4n) is 6.67. The molecule has 326 valence electrons. The van der Waals surface area contributed by atoms with E-state index in [1.165, 1.54) is 122 Å². The molecular formula is C48H93NO6. The highest BCUT2D eigenvalue weighted by Crippen LogP contribution is 2.18. The molecule has 0 radical (unpaired) electrons. The van der Waals surface area contributed by atoms with Gasteiger partial charge in [-0.15, -0.1) is 0 Å². The van der Waals surface area contributed by atoms with Crippen molar-refractivity contribution in [1.82, 2.24) is 0 Å². The molecule has 1 atom stereocenters. The van der Waals surface area contributed by atoms with Crippen LogP contribution in [0, 0.1) is 0 Å². The second kappa shape index (κ2) is 46.5. The van der Waals surface area contributed by atoms with E-state index in [9.17, 15) is 14.4 Å². The van der Waals surface area contributed by atoms with Gasteiger partial charge >= 0.3 is 17.9 Å². The van der Waals surface area contributed by atoms with Crippen molar-refractivity contribution in [3.63, 3.8) is 0 Å². The van der Waals surface area contributed by atoms with E-state index in [4.69, 9.17) is 19.9 Å². The van der Waals surface area contributed by atoms with Gasteiger partial charge in [0.25, 0.3) is 0 Å². The van der Waals surface area contributed by atoms with Crippen molar-refractivity contribution in [2.75, 3.05) is 13.2 Å². The smallest absolute Gasteiger partial charge is 0.306 e. The molecule has 7 heteroatoms. The molecule has 0 bridgehead atoms. The normalized spacial score (nSPS) is 11.8. The lowest BCUT2D eigenvalue weighted by molar-refractivity contribution is -0.151. The maximum atomic E-state index is 12.4. The highest BCUT2D eigenvalue weighted by molar-refractivity contribution is 5.70. The highest BCUT2D eigenvalue weighted by Gasteiger charge is 2.15. The van der Waals surface area contributed by atoms with Gasteiger partial charge in [-0.2, -0.15) is 0 Å². The summed E-state index contributed by atoms with van der Waals surface area (Å²) in [5.74, 6) is -0.198. The van der Waals surface area contributed by atoms with Gasteiger partial charge in [0.1, 0.15) is 18.8 Å². The van der Waals surface area contributed by atoms with Gasteiger partial charge in [0.05, 0.1) is 0 Å². The molecule has 0 rings (SSSR count). The zero-order valence-electron chi connectivity index (χ0n) is 37.3. The first-order chi connectivity index (χ1) is 26.9. The minimum atomic E-state index is -0.102. The van der Waals surface area contributed by atoms with Gasteiger partial charge in [-0.05, 0) is 83.6 Å². The molecule has 0 aromatic carbocycles. The molecule has 0 saturated carbocycles. The molecule has 0 spiro atoms. The van der Waals surface area contributed by atoms with E-state index in [1.807, 2.05) is 6.08 Å². The minimum absolute atomic E-state index is 0.0193. The summed E-state index contributed by atoms with van der Waals surface area (Å²) < 4.78 is 16.7. The Morgan fingerprint density at radius 3 is 1.25 bits per heavy atom. The second-order valence-corrected chi connectivity index (χ2v) is 15.8. The van der Waals surface area contributed by atoms with Crippen LogP contribution < -0.4 is 5.73 Å². The Morgan fingerprint density at radius 1 is 0.418 bits per heavy atom. The third-order valence-electron chi connectivity index (χ3n) is 10.2. The number of unbranched alkanes of at least 4 members (excludes halogenated alkanes) is 20. The first-order valence-electron chi connectivity index (χ1n) is 23.8. The number of esters is 3. The van der Waals surface area contributed by atoms with E-state index < -0.39 is 0 Å². The van der Waals surface area contributed by atoms with Crippen LogP contribution in [0.5, 0.6) is 0 Å². The van der Waals surface area contributed by atoms with Gasteiger partial charge in [-0.3, -0.25) is 14.4 Å². The minimum Gasteiger partial charge on any atom is -0.462 e. The van der Waals surface area contributed by atoms with Crippen LogP contribution in [0.4, 0.5) is 0 Å². The number of hydrogen-bond acceptors (Lipinski definition) is 7. The van der Waals surface area contributed by atoms with Crippen molar-refractivity contribution >= 4 is 17.9 Å². The van der Waals surface area contributed by atoms with Gasteiger partial charge in [0.2, 0.25) is 0 Å². The molecule has 0 aromatic rings. The number of hydrogen-bond donors (Lipinski definition) is 1. The molecular weight excluding hydrogens is 687 g/mol. The number of ether oxygens (including phenoxy) is 3. The molecule has 0 aliphatic carbocycles. The maximum Gasteiger partial charge on any atom is 0.306 e. The van der Waals surface area contributed by atoms with Crippen molar-refractivity contribution in [1.29, 1.82) is 0 Å². The Kier molecular flexibility index (Phi) is 46.7.